The van der Waals surface area contributed by atoms with Crippen LogP contribution in [0.3, 0.4) is 0 Å². The molecule has 3 aromatic rings. The summed E-state index contributed by atoms with van der Waals surface area (Å²) in [5.41, 5.74) is 1.07. The van der Waals surface area contributed by atoms with Gasteiger partial charge < -0.3 is 24.3 Å². The van der Waals surface area contributed by atoms with Crippen LogP contribution in [0.1, 0.15) is 36.0 Å². The van der Waals surface area contributed by atoms with E-state index in [0.717, 1.165) is 42.7 Å². The molecule has 0 unspecified atom stereocenters. The second kappa shape index (κ2) is 9.91. The maximum atomic E-state index is 13.5. The van der Waals surface area contributed by atoms with Crippen LogP contribution in [0.25, 0.3) is 10.9 Å². The molecular weight excluding hydrogens is 459 g/mol. The van der Waals surface area contributed by atoms with Gasteiger partial charge in [-0.25, -0.2) is 0 Å². The maximum absolute atomic E-state index is 13.5. The molecule has 0 radical (unpaired) electrons. The zero-order valence-electron chi connectivity index (χ0n) is 19.4. The lowest BCUT2D eigenvalue weighted by molar-refractivity contribution is -0.137. The van der Waals surface area contributed by atoms with Crippen molar-refractivity contribution < 1.29 is 22.6 Å². The average Bonchev–Trinajstić information content (AvgIpc) is 3.30. The summed E-state index contributed by atoms with van der Waals surface area (Å²) in [6.45, 7) is 4.02. The zero-order chi connectivity index (χ0) is 24.4. The van der Waals surface area contributed by atoms with E-state index in [1.165, 1.54) is 25.3 Å². The summed E-state index contributed by atoms with van der Waals surface area (Å²) in [4.78, 5) is 15.8. The summed E-state index contributed by atoms with van der Waals surface area (Å²) >= 11 is 0. The molecule has 1 N–H and O–H groups in total. The minimum Gasteiger partial charge on any atom is -0.454 e. The molecule has 3 heterocycles. The number of rotatable bonds is 7. The number of halogens is 3. The summed E-state index contributed by atoms with van der Waals surface area (Å²) in [5, 5.41) is 4.00. The number of likely N-dealkylation sites (tertiary alicyclic amines) is 1. The number of ether oxygens (including phenoxy) is 2. The number of nitrogens with zero attached hydrogens (tertiary/aromatic N) is 2. The second-order valence-electron chi connectivity index (χ2n) is 9.09. The van der Waals surface area contributed by atoms with Crippen molar-refractivity contribution in [3.63, 3.8) is 0 Å². The lowest BCUT2D eigenvalue weighted by atomic mass is 10.1. The smallest absolute Gasteiger partial charge is 0.416 e. The third-order valence-electron chi connectivity index (χ3n) is 6.65. The molecule has 0 atom stereocenters. The fourth-order valence-electron chi connectivity index (χ4n) is 4.80. The Morgan fingerprint density at radius 2 is 1.69 bits per heavy atom. The van der Waals surface area contributed by atoms with Gasteiger partial charge in [0, 0.05) is 43.2 Å². The van der Waals surface area contributed by atoms with Crippen LogP contribution in [0, 0.1) is 0 Å². The summed E-state index contributed by atoms with van der Waals surface area (Å²) in [6.07, 6.45) is -0.792. The van der Waals surface area contributed by atoms with Crippen LogP contribution in [0.2, 0.25) is 0 Å². The Hall–Kier alpha value is -3.04. The van der Waals surface area contributed by atoms with Crippen LogP contribution in [-0.2, 0) is 25.8 Å². The molecule has 0 bridgehead atoms. The number of alkyl halides is 3. The molecule has 35 heavy (non-hydrogen) atoms. The van der Waals surface area contributed by atoms with Gasteiger partial charge in [-0.3, -0.25) is 4.79 Å². The van der Waals surface area contributed by atoms with E-state index in [1.807, 2.05) is 18.2 Å². The molecule has 2 aromatic carbocycles. The average molecular weight is 488 g/mol. The molecule has 0 saturated carbocycles. The number of pyridine rings is 1. The Balaban J connectivity index is 1.39. The number of hydrogen-bond acceptors (Lipinski definition) is 5. The van der Waals surface area contributed by atoms with Gasteiger partial charge in [0.05, 0.1) is 11.1 Å². The van der Waals surface area contributed by atoms with Crippen LogP contribution in [-0.4, -0.2) is 35.9 Å². The Kier molecular flexibility index (Phi) is 6.71. The van der Waals surface area contributed by atoms with Crippen LogP contribution in [0.4, 0.5) is 13.2 Å². The highest BCUT2D eigenvalue weighted by Crippen LogP contribution is 2.36. The highest BCUT2D eigenvalue weighted by Gasteiger charge is 2.30. The summed E-state index contributed by atoms with van der Waals surface area (Å²) in [5.74, 6) is 1.26. The lowest BCUT2D eigenvalue weighted by Crippen LogP contribution is -2.36. The fourth-order valence-corrected chi connectivity index (χ4v) is 4.80. The number of benzene rings is 2. The normalized spacial score (nSPS) is 16.2. The largest absolute Gasteiger partial charge is 0.454 e. The van der Waals surface area contributed by atoms with Gasteiger partial charge in [0.1, 0.15) is 0 Å². The highest BCUT2D eigenvalue weighted by molar-refractivity contribution is 5.84. The fraction of sp³-hybridized carbons (Fsp3) is 0.423. The molecule has 0 amide bonds. The van der Waals surface area contributed by atoms with Crippen LogP contribution in [0.15, 0.2) is 47.3 Å². The molecule has 1 saturated heterocycles. The molecule has 0 aliphatic carbocycles. The third-order valence-corrected chi connectivity index (χ3v) is 6.65. The number of piperidine rings is 1. The molecule has 0 spiro atoms. The van der Waals surface area contributed by atoms with Gasteiger partial charge in [0.15, 0.2) is 11.5 Å². The van der Waals surface area contributed by atoms with E-state index >= 15 is 0 Å². The van der Waals surface area contributed by atoms with Gasteiger partial charge in [-0.05, 0) is 49.7 Å². The van der Waals surface area contributed by atoms with Crippen molar-refractivity contribution in [1.82, 2.24) is 14.8 Å². The van der Waals surface area contributed by atoms with E-state index in [4.69, 9.17) is 9.47 Å². The molecule has 2 aliphatic rings. The highest BCUT2D eigenvalue weighted by atomic mass is 19.4. The van der Waals surface area contributed by atoms with Gasteiger partial charge in [0.2, 0.25) is 6.79 Å². The number of aromatic nitrogens is 1. The first-order valence-corrected chi connectivity index (χ1v) is 11.9. The Labute approximate surface area is 201 Å². The monoisotopic (exact) mass is 487 g/mol. The topological polar surface area (TPSA) is 55.7 Å². The summed E-state index contributed by atoms with van der Waals surface area (Å²) < 4.78 is 51.9. The second-order valence-corrected chi connectivity index (χ2v) is 9.09. The predicted molar refractivity (Wildman–Crippen MR) is 127 cm³/mol. The molecule has 5 rings (SSSR count). The molecule has 6 nitrogen and oxygen atoms in total. The number of nitrogens with one attached hydrogen (secondary N) is 1. The van der Waals surface area contributed by atoms with Crippen molar-refractivity contribution in [2.24, 2.45) is 0 Å². The molecule has 1 aromatic heterocycles. The standard InChI is InChI=1S/C26H28F3N3O3/c27-26(28,29)21-6-4-5-18(11-21)15-30-16-20-12-19-13-23-24(35-17-34-23)14-22(19)32(25(20)33)10-9-31-7-2-1-3-8-31/h4-6,11-14,30H,1-3,7-10,15-17H2. The maximum Gasteiger partial charge on any atom is 0.416 e. The first-order valence-electron chi connectivity index (χ1n) is 11.9. The molecule has 1 fully saturated rings. The van der Waals surface area contributed by atoms with Gasteiger partial charge in [-0.15, -0.1) is 0 Å². The quantitative estimate of drug-likeness (QED) is 0.531. The van der Waals surface area contributed by atoms with Crippen molar-refractivity contribution >= 4 is 10.9 Å². The summed E-state index contributed by atoms with van der Waals surface area (Å²) in [7, 11) is 0. The van der Waals surface area contributed by atoms with Crippen LogP contribution < -0.4 is 20.3 Å². The predicted octanol–water partition coefficient (Wildman–Crippen LogP) is 4.52. The Bertz CT molecular complexity index is 1270. The Morgan fingerprint density at radius 1 is 0.914 bits per heavy atom. The lowest BCUT2D eigenvalue weighted by Gasteiger charge is -2.27. The van der Waals surface area contributed by atoms with Crippen molar-refractivity contribution in [2.75, 3.05) is 26.4 Å². The van der Waals surface area contributed by atoms with Gasteiger partial charge in [0.25, 0.3) is 5.56 Å². The number of hydrogen-bond donors (Lipinski definition) is 1. The molecule has 186 valence electrons. The van der Waals surface area contributed by atoms with E-state index in [2.05, 4.69) is 10.2 Å². The zero-order valence-corrected chi connectivity index (χ0v) is 19.4. The van der Waals surface area contributed by atoms with Crippen molar-refractivity contribution in [3.05, 3.63) is 69.5 Å². The minimum atomic E-state index is -4.39. The van der Waals surface area contributed by atoms with E-state index in [1.54, 1.807) is 10.6 Å². The van der Waals surface area contributed by atoms with Gasteiger partial charge >= 0.3 is 6.18 Å². The van der Waals surface area contributed by atoms with E-state index in [9.17, 15) is 18.0 Å². The molecule has 2 aliphatic heterocycles. The van der Waals surface area contributed by atoms with Gasteiger partial charge in [-0.2, -0.15) is 13.2 Å². The minimum absolute atomic E-state index is 0.107. The third kappa shape index (κ3) is 5.31. The van der Waals surface area contributed by atoms with E-state index < -0.39 is 11.7 Å². The van der Waals surface area contributed by atoms with Crippen LogP contribution in [0.5, 0.6) is 11.5 Å². The van der Waals surface area contributed by atoms with Crippen molar-refractivity contribution in [2.45, 2.75) is 45.1 Å². The first kappa shape index (κ1) is 23.7. The van der Waals surface area contributed by atoms with Crippen LogP contribution >= 0.6 is 0 Å². The SMILES string of the molecule is O=c1c(CNCc2cccc(C(F)(F)F)c2)cc2cc3c(cc2n1CCN1CCCCC1)OCO3. The Morgan fingerprint density at radius 3 is 2.46 bits per heavy atom. The summed E-state index contributed by atoms with van der Waals surface area (Å²) in [6, 6.07) is 10.8. The van der Waals surface area contributed by atoms with Crippen molar-refractivity contribution in [3.8, 4) is 11.5 Å². The number of fused-ring (bicyclic) bond motifs is 2. The van der Waals surface area contributed by atoms with Gasteiger partial charge in [-0.1, -0.05) is 24.6 Å². The molecular formula is C26H28F3N3O3. The van der Waals surface area contributed by atoms with E-state index in [-0.39, 0.29) is 25.4 Å². The molecule has 9 heteroatoms. The van der Waals surface area contributed by atoms with Crippen molar-refractivity contribution in [1.29, 1.82) is 0 Å². The first-order chi connectivity index (χ1) is 16.9. The van der Waals surface area contributed by atoms with E-state index in [0.29, 0.717) is 29.2 Å².